The smallest absolute Gasteiger partial charge is 0.339 e. The number of thiophene rings is 1. The molecule has 2 aromatic carbocycles. The molecule has 0 bridgehead atoms. The van der Waals surface area contributed by atoms with Gasteiger partial charge in [-0.15, -0.1) is 11.3 Å². The fraction of sp³-hybridized carbons (Fsp3) is 0.0526. The Hall–Kier alpha value is -2.71. The van der Waals surface area contributed by atoms with Crippen molar-refractivity contribution >= 4 is 44.8 Å². The quantitative estimate of drug-likeness (QED) is 0.472. The molecule has 3 rings (SSSR count). The van der Waals surface area contributed by atoms with Crippen LogP contribution >= 0.6 is 27.3 Å². The number of amides is 1. The number of carbonyl (C=O) groups excluding carboxylic acids is 1. The number of carbonyl (C=O) groups is 2. The third kappa shape index (κ3) is 4.01. The summed E-state index contributed by atoms with van der Waals surface area (Å²) in [6.45, 7) is 0. The van der Waals surface area contributed by atoms with Crippen LogP contribution in [-0.2, 0) is 5.33 Å². The first-order valence-corrected chi connectivity index (χ1v) is 9.70. The van der Waals surface area contributed by atoms with E-state index in [4.69, 9.17) is 0 Å². The standard InChI is InChI=1S/C19H13BrFNO4S/c20-8-10-1-3-11(4-2-10)17-16(19(25)26)14(9-27-17)22-18(24)13-7-12(21)5-6-15(13)23/h1-7,9,23H,8H2,(H,22,24)(H,25,26). The van der Waals surface area contributed by atoms with Crippen molar-refractivity contribution < 1.29 is 24.2 Å². The minimum Gasteiger partial charge on any atom is -0.507 e. The van der Waals surface area contributed by atoms with Crippen molar-refractivity contribution in [2.45, 2.75) is 5.33 Å². The lowest BCUT2D eigenvalue weighted by atomic mass is 10.1. The van der Waals surface area contributed by atoms with Gasteiger partial charge in [-0.25, -0.2) is 9.18 Å². The molecule has 0 saturated heterocycles. The Kier molecular flexibility index (Phi) is 5.57. The van der Waals surface area contributed by atoms with Crippen LogP contribution in [-0.4, -0.2) is 22.1 Å². The van der Waals surface area contributed by atoms with E-state index < -0.39 is 23.4 Å². The summed E-state index contributed by atoms with van der Waals surface area (Å²) >= 11 is 4.53. The fourth-order valence-corrected chi connectivity index (χ4v) is 3.87. The number of aromatic hydroxyl groups is 1. The summed E-state index contributed by atoms with van der Waals surface area (Å²) in [6.07, 6.45) is 0. The van der Waals surface area contributed by atoms with E-state index in [1.807, 2.05) is 12.1 Å². The summed E-state index contributed by atoms with van der Waals surface area (Å²) in [5.74, 6) is -3.08. The number of phenols is 1. The molecule has 27 heavy (non-hydrogen) atoms. The van der Waals surface area contributed by atoms with E-state index in [-0.39, 0.29) is 16.8 Å². The van der Waals surface area contributed by atoms with Crippen molar-refractivity contribution in [2.75, 3.05) is 5.32 Å². The third-order valence-electron chi connectivity index (χ3n) is 3.83. The first-order valence-electron chi connectivity index (χ1n) is 7.70. The Bertz CT molecular complexity index is 1020. The van der Waals surface area contributed by atoms with Gasteiger partial charge in [-0.1, -0.05) is 40.2 Å². The lowest BCUT2D eigenvalue weighted by Crippen LogP contribution is -2.14. The van der Waals surface area contributed by atoms with Crippen molar-refractivity contribution in [3.63, 3.8) is 0 Å². The van der Waals surface area contributed by atoms with Gasteiger partial charge in [0.2, 0.25) is 0 Å². The number of phenolic OH excluding ortho intramolecular Hbond substituents is 1. The van der Waals surface area contributed by atoms with E-state index in [1.165, 1.54) is 16.7 Å². The van der Waals surface area contributed by atoms with Gasteiger partial charge in [-0.2, -0.15) is 0 Å². The molecule has 1 amide bonds. The Morgan fingerprint density at radius 1 is 1.15 bits per heavy atom. The number of rotatable bonds is 5. The average molecular weight is 450 g/mol. The topological polar surface area (TPSA) is 86.6 Å². The van der Waals surface area contributed by atoms with Gasteiger partial charge in [0.25, 0.3) is 5.91 Å². The van der Waals surface area contributed by atoms with Crippen LogP contribution in [0.4, 0.5) is 10.1 Å². The molecule has 1 heterocycles. The van der Waals surface area contributed by atoms with E-state index in [1.54, 1.807) is 12.1 Å². The highest BCUT2D eigenvalue weighted by atomic mass is 79.9. The number of hydrogen-bond acceptors (Lipinski definition) is 4. The van der Waals surface area contributed by atoms with Crippen molar-refractivity contribution in [2.24, 2.45) is 0 Å². The molecule has 5 nitrogen and oxygen atoms in total. The maximum Gasteiger partial charge on any atom is 0.339 e. The molecule has 1 aromatic heterocycles. The summed E-state index contributed by atoms with van der Waals surface area (Å²) < 4.78 is 13.4. The van der Waals surface area contributed by atoms with E-state index in [9.17, 15) is 24.2 Å². The molecule has 0 saturated carbocycles. The van der Waals surface area contributed by atoms with Crippen LogP contribution < -0.4 is 5.32 Å². The maximum atomic E-state index is 13.4. The molecule has 3 N–H and O–H groups in total. The molecular weight excluding hydrogens is 437 g/mol. The molecule has 138 valence electrons. The minimum atomic E-state index is -1.20. The van der Waals surface area contributed by atoms with E-state index in [0.29, 0.717) is 15.8 Å². The summed E-state index contributed by atoms with van der Waals surface area (Å²) in [6, 6.07) is 10.3. The molecule has 3 aromatic rings. The fourth-order valence-electron chi connectivity index (χ4n) is 2.50. The predicted octanol–water partition coefficient (Wildman–Crippen LogP) is 5.11. The number of alkyl halides is 1. The SMILES string of the molecule is O=C(Nc1csc(-c2ccc(CBr)cc2)c1C(=O)O)c1cc(F)ccc1O. The summed E-state index contributed by atoms with van der Waals surface area (Å²) in [7, 11) is 0. The lowest BCUT2D eigenvalue weighted by Gasteiger charge is -2.08. The number of hydrogen-bond donors (Lipinski definition) is 3. The van der Waals surface area contributed by atoms with E-state index >= 15 is 0 Å². The highest BCUT2D eigenvalue weighted by Gasteiger charge is 2.22. The van der Waals surface area contributed by atoms with Gasteiger partial charge in [-0.05, 0) is 29.3 Å². The van der Waals surface area contributed by atoms with Crippen LogP contribution in [0.25, 0.3) is 10.4 Å². The molecular formula is C19H13BrFNO4S. The third-order valence-corrected chi connectivity index (χ3v) is 5.50. The van der Waals surface area contributed by atoms with Gasteiger partial charge in [0.1, 0.15) is 17.1 Å². The van der Waals surface area contributed by atoms with Gasteiger partial charge in [0, 0.05) is 10.7 Å². The monoisotopic (exact) mass is 449 g/mol. The van der Waals surface area contributed by atoms with E-state index in [2.05, 4.69) is 21.2 Å². The molecule has 0 atom stereocenters. The van der Waals surface area contributed by atoms with Crippen LogP contribution in [0.5, 0.6) is 5.75 Å². The molecule has 0 radical (unpaired) electrons. The zero-order chi connectivity index (χ0) is 19.6. The highest BCUT2D eigenvalue weighted by molar-refractivity contribution is 9.08. The zero-order valence-electron chi connectivity index (χ0n) is 13.7. The lowest BCUT2D eigenvalue weighted by molar-refractivity contribution is 0.0699. The second-order valence-corrected chi connectivity index (χ2v) is 7.05. The van der Waals surface area contributed by atoms with Crippen LogP contribution in [0, 0.1) is 5.82 Å². The first-order chi connectivity index (χ1) is 12.9. The Morgan fingerprint density at radius 2 is 1.85 bits per heavy atom. The van der Waals surface area contributed by atoms with Gasteiger partial charge < -0.3 is 15.5 Å². The van der Waals surface area contributed by atoms with Crippen molar-refractivity contribution in [1.82, 2.24) is 0 Å². The number of benzene rings is 2. The minimum absolute atomic E-state index is 0.0594. The number of carboxylic acids is 1. The van der Waals surface area contributed by atoms with Crippen LogP contribution in [0.2, 0.25) is 0 Å². The molecule has 8 heteroatoms. The molecule has 0 aliphatic rings. The Labute approximate surface area is 166 Å². The number of anilines is 1. The van der Waals surface area contributed by atoms with E-state index in [0.717, 1.165) is 23.8 Å². The summed E-state index contributed by atoms with van der Waals surface area (Å²) in [5, 5.41) is 24.0. The second-order valence-electron chi connectivity index (χ2n) is 5.60. The number of aromatic carboxylic acids is 1. The Morgan fingerprint density at radius 3 is 2.48 bits per heavy atom. The molecule has 0 aliphatic heterocycles. The number of nitrogens with one attached hydrogen (secondary N) is 1. The van der Waals surface area contributed by atoms with Crippen LogP contribution in [0.3, 0.4) is 0 Å². The predicted molar refractivity (Wildman–Crippen MR) is 105 cm³/mol. The van der Waals surface area contributed by atoms with Crippen LogP contribution in [0.1, 0.15) is 26.3 Å². The first kappa shape index (κ1) is 19.1. The molecule has 0 fully saturated rings. The summed E-state index contributed by atoms with van der Waals surface area (Å²) in [5.41, 5.74) is 1.50. The largest absolute Gasteiger partial charge is 0.507 e. The van der Waals surface area contributed by atoms with Crippen LogP contribution in [0.15, 0.2) is 47.8 Å². The maximum absolute atomic E-state index is 13.4. The molecule has 0 aliphatic carbocycles. The number of carboxylic acid groups (broad SMARTS) is 1. The molecule has 0 spiro atoms. The van der Waals surface area contributed by atoms with Gasteiger partial charge in [0.05, 0.1) is 16.1 Å². The van der Waals surface area contributed by atoms with Gasteiger partial charge >= 0.3 is 5.97 Å². The van der Waals surface area contributed by atoms with Gasteiger partial charge in [0.15, 0.2) is 0 Å². The van der Waals surface area contributed by atoms with Gasteiger partial charge in [-0.3, -0.25) is 4.79 Å². The van der Waals surface area contributed by atoms with Crippen molar-refractivity contribution in [1.29, 1.82) is 0 Å². The van der Waals surface area contributed by atoms with Crippen molar-refractivity contribution in [3.05, 3.63) is 70.4 Å². The normalized spacial score (nSPS) is 10.6. The molecule has 0 unspecified atom stereocenters. The summed E-state index contributed by atoms with van der Waals surface area (Å²) in [4.78, 5) is 24.6. The average Bonchev–Trinajstić information content (AvgIpc) is 3.07. The highest BCUT2D eigenvalue weighted by Crippen LogP contribution is 2.36. The number of halogens is 2. The second kappa shape index (κ2) is 7.89. The van der Waals surface area contributed by atoms with Crippen molar-refractivity contribution in [3.8, 4) is 16.2 Å². The zero-order valence-corrected chi connectivity index (χ0v) is 16.1. The Balaban J connectivity index is 1.96.